The molecule has 0 bridgehead atoms. The average molecular weight is 279 g/mol. The number of unbranched alkanes of at least 4 members (excludes halogenated alkanes) is 3. The van der Waals surface area contributed by atoms with E-state index < -0.39 is 0 Å². The smallest absolute Gasteiger partial charge is 0.170 e. The van der Waals surface area contributed by atoms with Crippen molar-refractivity contribution < 1.29 is 9.94 Å². The zero-order valence-electron chi connectivity index (χ0n) is 12.1. The number of hydrogen-bond acceptors (Lipinski definition) is 4. The van der Waals surface area contributed by atoms with Crippen LogP contribution in [-0.2, 0) is 0 Å². The number of nitrogens with two attached hydrogens (primary N) is 1. The molecular weight excluding hydrogens is 254 g/mol. The molecule has 4 N–H and O–H groups in total. The van der Waals surface area contributed by atoms with Gasteiger partial charge in [0.05, 0.1) is 0 Å². The van der Waals surface area contributed by atoms with E-state index in [2.05, 4.69) is 17.4 Å². The van der Waals surface area contributed by atoms with E-state index in [0.29, 0.717) is 12.2 Å². The largest absolute Gasteiger partial charge is 0.492 e. The molecule has 0 saturated carbocycles. The molecule has 0 radical (unpaired) electrons. The summed E-state index contributed by atoms with van der Waals surface area (Å²) in [4.78, 5) is 0. The lowest BCUT2D eigenvalue weighted by Gasteiger charge is -2.08. The first-order valence-corrected chi connectivity index (χ1v) is 7.19. The summed E-state index contributed by atoms with van der Waals surface area (Å²) in [7, 11) is 0. The monoisotopic (exact) mass is 279 g/mol. The molecule has 0 saturated heterocycles. The van der Waals surface area contributed by atoms with Gasteiger partial charge in [-0.2, -0.15) is 0 Å². The average Bonchev–Trinajstić information content (AvgIpc) is 2.50. The Morgan fingerprint density at radius 3 is 2.60 bits per heavy atom. The summed E-state index contributed by atoms with van der Waals surface area (Å²) >= 11 is 0. The number of nitrogens with zero attached hydrogens (tertiary/aromatic N) is 1. The van der Waals surface area contributed by atoms with Crippen LogP contribution >= 0.6 is 0 Å². The van der Waals surface area contributed by atoms with Gasteiger partial charge in [-0.1, -0.05) is 31.3 Å². The Bertz CT molecular complexity index is 391. The summed E-state index contributed by atoms with van der Waals surface area (Å²) in [5.74, 6) is 0.887. The fraction of sp³-hybridized carbons (Fsp3) is 0.533. The number of ether oxygens (including phenoxy) is 1. The highest BCUT2D eigenvalue weighted by Gasteiger charge is 1.99. The Hall–Kier alpha value is -1.75. The molecular formula is C15H25N3O2. The minimum Gasteiger partial charge on any atom is -0.492 e. The van der Waals surface area contributed by atoms with E-state index in [-0.39, 0.29) is 5.84 Å². The van der Waals surface area contributed by atoms with Gasteiger partial charge in [-0.05, 0) is 37.2 Å². The van der Waals surface area contributed by atoms with Crippen LogP contribution in [0.15, 0.2) is 29.4 Å². The summed E-state index contributed by atoms with van der Waals surface area (Å²) in [6.07, 6.45) is 5.09. The molecule has 0 heterocycles. The Labute approximate surface area is 120 Å². The highest BCUT2D eigenvalue weighted by molar-refractivity contribution is 5.97. The van der Waals surface area contributed by atoms with Gasteiger partial charge in [0.1, 0.15) is 12.4 Å². The molecule has 0 aliphatic heterocycles. The van der Waals surface area contributed by atoms with Gasteiger partial charge in [0, 0.05) is 12.1 Å². The van der Waals surface area contributed by atoms with Crippen molar-refractivity contribution in [3.63, 3.8) is 0 Å². The van der Waals surface area contributed by atoms with Crippen LogP contribution in [0.3, 0.4) is 0 Å². The maximum absolute atomic E-state index is 8.56. The van der Waals surface area contributed by atoms with Crippen molar-refractivity contribution in [1.29, 1.82) is 0 Å². The standard InChI is InChI=1S/C15H25N3O2/c1-2-3-4-5-10-17-11-12-20-14-8-6-13(7-9-14)15(16)18-19/h6-9,17,19H,2-5,10-12H2,1H3,(H2,16,18). The van der Waals surface area contributed by atoms with Crippen LogP contribution in [0, 0.1) is 0 Å². The second kappa shape index (κ2) is 10.1. The van der Waals surface area contributed by atoms with Crippen LogP contribution in [0.1, 0.15) is 38.2 Å². The van der Waals surface area contributed by atoms with Gasteiger partial charge in [0.25, 0.3) is 0 Å². The molecule has 0 aliphatic carbocycles. The van der Waals surface area contributed by atoms with Crippen LogP contribution in [0.2, 0.25) is 0 Å². The number of oxime groups is 1. The zero-order chi connectivity index (χ0) is 14.6. The molecule has 0 aromatic heterocycles. The lowest BCUT2D eigenvalue weighted by Crippen LogP contribution is -2.22. The molecule has 20 heavy (non-hydrogen) atoms. The first-order chi connectivity index (χ1) is 9.77. The molecule has 0 unspecified atom stereocenters. The third kappa shape index (κ3) is 6.43. The van der Waals surface area contributed by atoms with Crippen molar-refractivity contribution in [2.75, 3.05) is 19.7 Å². The van der Waals surface area contributed by atoms with Crippen molar-refractivity contribution in [1.82, 2.24) is 5.32 Å². The Morgan fingerprint density at radius 1 is 1.20 bits per heavy atom. The van der Waals surface area contributed by atoms with Crippen LogP contribution in [0.4, 0.5) is 0 Å². The molecule has 1 rings (SSSR count). The summed E-state index contributed by atoms with van der Waals surface area (Å²) < 4.78 is 5.60. The number of hydrogen-bond donors (Lipinski definition) is 3. The van der Waals surface area contributed by atoms with Crippen molar-refractivity contribution in [2.45, 2.75) is 32.6 Å². The summed E-state index contributed by atoms with van der Waals surface area (Å²) in [6.45, 7) is 4.74. The topological polar surface area (TPSA) is 79.9 Å². The highest BCUT2D eigenvalue weighted by Crippen LogP contribution is 2.11. The Balaban J connectivity index is 2.13. The molecule has 5 nitrogen and oxygen atoms in total. The van der Waals surface area contributed by atoms with Crippen molar-refractivity contribution >= 4 is 5.84 Å². The summed E-state index contributed by atoms with van der Waals surface area (Å²) in [5.41, 5.74) is 6.16. The van der Waals surface area contributed by atoms with Crippen molar-refractivity contribution in [3.05, 3.63) is 29.8 Å². The first kappa shape index (κ1) is 16.3. The highest BCUT2D eigenvalue weighted by atomic mass is 16.5. The predicted molar refractivity (Wildman–Crippen MR) is 81.5 cm³/mol. The molecule has 0 fully saturated rings. The van der Waals surface area contributed by atoms with Gasteiger partial charge < -0.3 is 21.0 Å². The van der Waals surface area contributed by atoms with E-state index in [1.54, 1.807) is 12.1 Å². The van der Waals surface area contributed by atoms with Crippen LogP contribution in [0.5, 0.6) is 5.75 Å². The van der Waals surface area contributed by atoms with E-state index >= 15 is 0 Å². The van der Waals surface area contributed by atoms with Gasteiger partial charge in [-0.25, -0.2) is 0 Å². The maximum atomic E-state index is 8.56. The molecule has 0 spiro atoms. The van der Waals surface area contributed by atoms with Gasteiger partial charge in [0.2, 0.25) is 0 Å². The van der Waals surface area contributed by atoms with E-state index in [1.165, 1.54) is 25.7 Å². The summed E-state index contributed by atoms with van der Waals surface area (Å²) in [6, 6.07) is 7.16. The second-order valence-electron chi connectivity index (χ2n) is 4.67. The van der Waals surface area contributed by atoms with Crippen LogP contribution in [0.25, 0.3) is 0 Å². The molecule has 1 aromatic rings. The zero-order valence-corrected chi connectivity index (χ0v) is 12.1. The minimum absolute atomic E-state index is 0.102. The number of rotatable bonds is 10. The van der Waals surface area contributed by atoms with Crippen molar-refractivity contribution in [3.8, 4) is 5.75 Å². The lowest BCUT2D eigenvalue weighted by atomic mass is 10.2. The number of nitrogens with one attached hydrogen (secondary N) is 1. The van der Waals surface area contributed by atoms with Gasteiger partial charge in [-0.15, -0.1) is 0 Å². The number of benzene rings is 1. The van der Waals surface area contributed by atoms with E-state index in [0.717, 1.165) is 18.8 Å². The van der Waals surface area contributed by atoms with E-state index in [9.17, 15) is 0 Å². The maximum Gasteiger partial charge on any atom is 0.170 e. The first-order valence-electron chi connectivity index (χ1n) is 7.19. The van der Waals surface area contributed by atoms with Gasteiger partial charge in [0.15, 0.2) is 5.84 Å². The normalized spacial score (nSPS) is 11.6. The van der Waals surface area contributed by atoms with Gasteiger partial charge in [-0.3, -0.25) is 0 Å². The van der Waals surface area contributed by atoms with Crippen LogP contribution < -0.4 is 15.8 Å². The molecule has 5 heteroatoms. The molecule has 0 aliphatic rings. The molecule has 0 atom stereocenters. The Kier molecular flexibility index (Phi) is 8.22. The number of amidine groups is 1. The molecule has 1 aromatic carbocycles. The molecule has 112 valence electrons. The van der Waals surface area contributed by atoms with E-state index in [4.69, 9.17) is 15.7 Å². The lowest BCUT2D eigenvalue weighted by molar-refractivity contribution is 0.313. The second-order valence-corrected chi connectivity index (χ2v) is 4.67. The fourth-order valence-electron chi connectivity index (χ4n) is 1.82. The fourth-order valence-corrected chi connectivity index (χ4v) is 1.82. The Morgan fingerprint density at radius 2 is 1.95 bits per heavy atom. The van der Waals surface area contributed by atoms with Crippen LogP contribution in [-0.4, -0.2) is 30.7 Å². The molecule has 0 amide bonds. The minimum atomic E-state index is 0.102. The van der Waals surface area contributed by atoms with Gasteiger partial charge >= 0.3 is 0 Å². The van der Waals surface area contributed by atoms with E-state index in [1.807, 2.05) is 12.1 Å². The predicted octanol–water partition coefficient (Wildman–Crippen LogP) is 2.33. The van der Waals surface area contributed by atoms with Crippen molar-refractivity contribution in [2.24, 2.45) is 10.9 Å². The summed E-state index contributed by atoms with van der Waals surface area (Å²) in [5, 5.41) is 14.9. The quantitative estimate of drug-likeness (QED) is 0.202. The third-order valence-corrected chi connectivity index (χ3v) is 3.01. The third-order valence-electron chi connectivity index (χ3n) is 3.01. The SMILES string of the molecule is CCCCCCNCCOc1ccc(C(N)=NO)cc1.